The first-order valence-electron chi connectivity index (χ1n) is 6.05. The van der Waals surface area contributed by atoms with Gasteiger partial charge in [0.25, 0.3) is 5.91 Å². The lowest BCUT2D eigenvalue weighted by Gasteiger charge is -2.09. The minimum atomic E-state index is -1.44. The summed E-state index contributed by atoms with van der Waals surface area (Å²) in [7, 11) is 0. The van der Waals surface area contributed by atoms with Gasteiger partial charge in [0, 0.05) is 29.7 Å². The number of carbonyl (C=O) groups excluding carboxylic acids is 1. The summed E-state index contributed by atoms with van der Waals surface area (Å²) in [6.45, 7) is 0.125. The van der Waals surface area contributed by atoms with E-state index >= 15 is 0 Å². The van der Waals surface area contributed by atoms with Crippen molar-refractivity contribution in [1.82, 2.24) is 9.88 Å². The van der Waals surface area contributed by atoms with E-state index in [0.29, 0.717) is 11.7 Å². The summed E-state index contributed by atoms with van der Waals surface area (Å²) in [6, 6.07) is 2.12. The van der Waals surface area contributed by atoms with Crippen LogP contribution in [0.25, 0.3) is 0 Å². The average molecular weight is 331 g/mol. The molecule has 1 aliphatic rings. The summed E-state index contributed by atoms with van der Waals surface area (Å²) in [6.07, 6.45) is 2.56. The Morgan fingerprint density at radius 2 is 2.21 bits per heavy atom. The number of aliphatic hydroxyl groups excluding tert-OH is 1. The lowest BCUT2D eigenvalue weighted by Crippen LogP contribution is -2.31. The molecule has 0 spiro atoms. The van der Waals surface area contributed by atoms with Crippen LogP contribution in [0.4, 0.5) is 0 Å². The molecule has 7 heteroatoms. The Kier molecular flexibility index (Phi) is 4.26. The zero-order valence-corrected chi connectivity index (χ0v) is 11.8. The molecule has 1 fully saturated rings. The lowest BCUT2D eigenvalue weighted by molar-refractivity contribution is -0.146. The van der Waals surface area contributed by atoms with Gasteiger partial charge >= 0.3 is 5.97 Å². The van der Waals surface area contributed by atoms with Crippen molar-refractivity contribution in [3.63, 3.8) is 0 Å². The monoisotopic (exact) mass is 330 g/mol. The van der Waals surface area contributed by atoms with Crippen molar-refractivity contribution in [2.24, 2.45) is 0 Å². The third-order valence-electron chi connectivity index (χ3n) is 2.98. The van der Waals surface area contributed by atoms with Gasteiger partial charge < -0.3 is 20.1 Å². The van der Waals surface area contributed by atoms with Gasteiger partial charge in [0.15, 0.2) is 6.10 Å². The van der Waals surface area contributed by atoms with Crippen LogP contribution in [-0.2, 0) is 4.79 Å². The van der Waals surface area contributed by atoms with Gasteiger partial charge in [-0.2, -0.15) is 0 Å². The Balaban J connectivity index is 1.91. The average Bonchev–Trinajstić information content (AvgIpc) is 3.12. The second kappa shape index (κ2) is 5.75. The molecule has 1 saturated carbocycles. The first-order valence-corrected chi connectivity index (χ1v) is 6.85. The number of carboxylic acid groups (broad SMARTS) is 1. The predicted molar refractivity (Wildman–Crippen MR) is 71.0 cm³/mol. The van der Waals surface area contributed by atoms with E-state index in [1.54, 1.807) is 6.07 Å². The highest BCUT2D eigenvalue weighted by Gasteiger charge is 2.27. The smallest absolute Gasteiger partial charge is 0.332 e. The van der Waals surface area contributed by atoms with Crippen LogP contribution >= 0.6 is 15.9 Å². The summed E-state index contributed by atoms with van der Waals surface area (Å²) in [5.41, 5.74) is 0.555. The second-order valence-corrected chi connectivity index (χ2v) is 5.50. The fourth-order valence-corrected chi connectivity index (χ4v) is 2.26. The van der Waals surface area contributed by atoms with E-state index < -0.39 is 12.1 Å². The highest BCUT2D eigenvalue weighted by molar-refractivity contribution is 9.10. The van der Waals surface area contributed by atoms with Crippen LogP contribution in [-0.4, -0.2) is 39.3 Å². The second-order valence-electron chi connectivity index (χ2n) is 4.58. The van der Waals surface area contributed by atoms with Gasteiger partial charge in [0.05, 0.1) is 0 Å². The molecule has 2 rings (SSSR count). The lowest BCUT2D eigenvalue weighted by atomic mass is 10.2. The van der Waals surface area contributed by atoms with Crippen LogP contribution in [0.15, 0.2) is 16.7 Å². The maximum Gasteiger partial charge on any atom is 0.332 e. The molecule has 0 aromatic carbocycles. The van der Waals surface area contributed by atoms with Crippen molar-refractivity contribution < 1.29 is 19.8 Å². The zero-order valence-electron chi connectivity index (χ0n) is 10.2. The Morgan fingerprint density at radius 3 is 2.79 bits per heavy atom. The first kappa shape index (κ1) is 14.1. The Hall–Kier alpha value is -1.34. The maximum atomic E-state index is 12.0. The maximum absolute atomic E-state index is 12.0. The molecule has 1 aliphatic carbocycles. The molecule has 0 bridgehead atoms. The van der Waals surface area contributed by atoms with E-state index in [0.717, 1.165) is 17.3 Å². The van der Waals surface area contributed by atoms with E-state index in [1.165, 1.54) is 0 Å². The van der Waals surface area contributed by atoms with Gasteiger partial charge in [-0.3, -0.25) is 4.79 Å². The molecule has 6 nitrogen and oxygen atoms in total. The van der Waals surface area contributed by atoms with Gasteiger partial charge in [0.1, 0.15) is 5.69 Å². The summed E-state index contributed by atoms with van der Waals surface area (Å²) in [5.74, 6) is -1.53. The number of nitrogens with zero attached hydrogens (tertiary/aromatic N) is 1. The number of hydrogen-bond donors (Lipinski definition) is 3. The number of aromatic nitrogens is 1. The quantitative estimate of drug-likeness (QED) is 0.729. The third-order valence-corrected chi connectivity index (χ3v) is 3.41. The van der Waals surface area contributed by atoms with Crippen LogP contribution in [0.3, 0.4) is 0 Å². The van der Waals surface area contributed by atoms with Crippen LogP contribution in [0.5, 0.6) is 0 Å². The zero-order chi connectivity index (χ0) is 14.0. The van der Waals surface area contributed by atoms with E-state index in [-0.39, 0.29) is 18.9 Å². The topological polar surface area (TPSA) is 91.6 Å². The highest BCUT2D eigenvalue weighted by atomic mass is 79.9. The number of aliphatic hydroxyl groups is 1. The fourth-order valence-electron chi connectivity index (χ4n) is 1.82. The van der Waals surface area contributed by atoms with Crippen LogP contribution < -0.4 is 5.32 Å². The normalized spacial score (nSPS) is 16.1. The molecule has 104 valence electrons. The number of nitrogens with one attached hydrogen (secondary N) is 1. The van der Waals surface area contributed by atoms with Crippen molar-refractivity contribution in [1.29, 1.82) is 0 Å². The van der Waals surface area contributed by atoms with Crippen LogP contribution in [0.1, 0.15) is 35.8 Å². The number of carboxylic acids is 1. The summed E-state index contributed by atoms with van der Waals surface area (Å²) >= 11 is 3.34. The largest absolute Gasteiger partial charge is 0.479 e. The molecule has 0 aliphatic heterocycles. The Labute approximate surface area is 118 Å². The molecule has 0 radical (unpaired) electrons. The molecule has 1 aromatic rings. The number of hydrogen-bond acceptors (Lipinski definition) is 3. The van der Waals surface area contributed by atoms with Gasteiger partial charge in [-0.1, -0.05) is 0 Å². The number of rotatable bonds is 6. The highest BCUT2D eigenvalue weighted by Crippen LogP contribution is 2.37. The van der Waals surface area contributed by atoms with E-state index in [4.69, 9.17) is 10.2 Å². The molecule has 1 atom stereocenters. The summed E-state index contributed by atoms with van der Waals surface area (Å²) < 4.78 is 2.77. The van der Waals surface area contributed by atoms with Gasteiger partial charge in [-0.25, -0.2) is 4.79 Å². The Bertz CT molecular complexity index is 496. The summed E-state index contributed by atoms with van der Waals surface area (Å²) in [5, 5.41) is 20.2. The van der Waals surface area contributed by atoms with Crippen molar-refractivity contribution in [3.05, 3.63) is 22.4 Å². The predicted octanol–water partition coefficient (Wildman–Crippen LogP) is 1.15. The van der Waals surface area contributed by atoms with Gasteiger partial charge in [0.2, 0.25) is 0 Å². The van der Waals surface area contributed by atoms with Crippen molar-refractivity contribution >= 4 is 27.8 Å². The molecule has 1 unspecified atom stereocenters. The van der Waals surface area contributed by atoms with Crippen molar-refractivity contribution in [3.8, 4) is 0 Å². The fraction of sp³-hybridized carbons (Fsp3) is 0.500. The molecule has 1 heterocycles. The number of aliphatic carboxylic acids is 1. The molecule has 19 heavy (non-hydrogen) atoms. The Morgan fingerprint density at radius 1 is 1.53 bits per heavy atom. The third kappa shape index (κ3) is 3.57. The summed E-state index contributed by atoms with van der Waals surface area (Å²) in [4.78, 5) is 22.4. The van der Waals surface area contributed by atoms with Gasteiger partial charge in [-0.15, -0.1) is 0 Å². The van der Waals surface area contributed by atoms with E-state index in [2.05, 4.69) is 21.2 Å². The first-order chi connectivity index (χ1) is 8.99. The minimum absolute atomic E-state index is 0.00756. The van der Waals surface area contributed by atoms with E-state index in [9.17, 15) is 9.59 Å². The van der Waals surface area contributed by atoms with E-state index in [1.807, 2.05) is 10.8 Å². The molecule has 1 aromatic heterocycles. The number of carbonyl (C=O) groups is 2. The molecule has 0 saturated heterocycles. The number of amides is 1. The number of halogens is 1. The van der Waals surface area contributed by atoms with Gasteiger partial charge in [-0.05, 0) is 34.8 Å². The molecular formula is C12H15BrN2O4. The van der Waals surface area contributed by atoms with Crippen LogP contribution in [0.2, 0.25) is 0 Å². The molecular weight excluding hydrogens is 316 g/mol. The SMILES string of the molecule is O=C(NCCC(O)C(=O)O)c1cc(Br)cn1C1CC1. The van der Waals surface area contributed by atoms with Crippen molar-refractivity contribution in [2.45, 2.75) is 31.4 Å². The molecule has 3 N–H and O–H groups in total. The standard InChI is InChI=1S/C12H15BrN2O4/c13-7-5-9(15(6-7)8-1-2-8)11(17)14-4-3-10(16)12(18)19/h5-6,8,10,16H,1-4H2,(H,14,17)(H,18,19). The van der Waals surface area contributed by atoms with Crippen molar-refractivity contribution in [2.75, 3.05) is 6.54 Å². The van der Waals surface area contributed by atoms with Crippen LogP contribution in [0, 0.1) is 0 Å². The molecule has 1 amide bonds. The minimum Gasteiger partial charge on any atom is -0.479 e.